The number of carbonyl (C=O) groups excluding carboxylic acids is 6. The molecule has 358 valence electrons. The van der Waals surface area contributed by atoms with Crippen molar-refractivity contribution < 1.29 is 33.9 Å². The van der Waals surface area contributed by atoms with Crippen LogP contribution in [0.5, 0.6) is 0 Å². The van der Waals surface area contributed by atoms with Crippen LogP contribution in [0.15, 0.2) is 158 Å². The zero-order chi connectivity index (χ0) is 49.9. The summed E-state index contributed by atoms with van der Waals surface area (Å²) in [6.45, 7) is 7.43. The summed E-state index contributed by atoms with van der Waals surface area (Å²) < 4.78 is 0. The van der Waals surface area contributed by atoms with Crippen LogP contribution in [0.4, 0.5) is 0 Å². The summed E-state index contributed by atoms with van der Waals surface area (Å²) in [4.78, 5) is 94.7. The Morgan fingerprint density at radius 2 is 0.814 bits per heavy atom. The van der Waals surface area contributed by atoms with E-state index in [-0.39, 0.29) is 55.6 Å². The smallest absolute Gasteiger partial charge is 0.238 e. The van der Waals surface area contributed by atoms with Crippen LogP contribution >= 0.6 is 0 Å². The molecule has 1 N–H and O–H groups in total. The lowest BCUT2D eigenvalue weighted by atomic mass is 9.67. The summed E-state index contributed by atoms with van der Waals surface area (Å²) >= 11 is 0. The van der Waals surface area contributed by atoms with Gasteiger partial charge in [-0.3, -0.25) is 43.5 Å². The first-order valence-electron chi connectivity index (χ1n) is 24.0. The van der Waals surface area contributed by atoms with Crippen molar-refractivity contribution in [2.45, 2.75) is 51.4 Å². The molecule has 2 saturated heterocycles. The van der Waals surface area contributed by atoms with E-state index in [0.717, 1.165) is 33.4 Å². The molecule has 0 amide bonds. The Hall–Kier alpha value is -6.82. The van der Waals surface area contributed by atoms with Gasteiger partial charge in [-0.25, -0.2) is 0 Å². The molecule has 8 rings (SSSR count). The third-order valence-corrected chi connectivity index (χ3v) is 15.1. The number of hydrogen-bond donors (Lipinski definition) is 1. The molecule has 0 aliphatic carbocycles. The molecule has 0 bridgehead atoms. The highest BCUT2D eigenvalue weighted by Gasteiger charge is 2.56. The van der Waals surface area contributed by atoms with E-state index in [1.54, 1.807) is 133 Å². The number of aldehydes is 1. The molecule has 6 aromatic rings. The summed E-state index contributed by atoms with van der Waals surface area (Å²) in [5.74, 6) is -6.99. The highest BCUT2D eigenvalue weighted by Crippen LogP contribution is 2.46. The Balaban J connectivity index is 1.26. The van der Waals surface area contributed by atoms with Gasteiger partial charge >= 0.3 is 0 Å². The summed E-state index contributed by atoms with van der Waals surface area (Å²) in [6, 6.07) is 47.0. The van der Waals surface area contributed by atoms with Gasteiger partial charge in [-0.15, -0.1) is 0 Å². The molecule has 0 radical (unpaired) electrons. The monoisotopic (exact) mass is 935 g/mol. The minimum atomic E-state index is -2.88. The topological polar surface area (TPSA) is 132 Å². The van der Waals surface area contributed by atoms with Gasteiger partial charge in [0, 0.05) is 83.9 Å². The minimum absolute atomic E-state index is 0.00713. The van der Waals surface area contributed by atoms with Crippen molar-refractivity contribution in [2.24, 2.45) is 23.7 Å². The highest BCUT2D eigenvalue weighted by molar-refractivity contribution is 6.06. The van der Waals surface area contributed by atoms with Crippen molar-refractivity contribution in [3.8, 4) is 0 Å². The molecule has 70 heavy (non-hydrogen) atoms. The molecule has 10 heteroatoms. The molecule has 10 nitrogen and oxygen atoms in total. The number of likely N-dealkylation sites (N-methyl/N-ethyl adjacent to an activating group) is 1. The van der Waals surface area contributed by atoms with Crippen LogP contribution in [-0.4, -0.2) is 107 Å². The number of aliphatic hydroxyl groups is 1. The lowest BCUT2D eigenvalue weighted by Crippen LogP contribution is -2.69. The van der Waals surface area contributed by atoms with Gasteiger partial charge in [0.2, 0.25) is 11.5 Å². The van der Waals surface area contributed by atoms with Crippen molar-refractivity contribution in [1.29, 1.82) is 0 Å². The van der Waals surface area contributed by atoms with E-state index in [2.05, 4.69) is 0 Å². The van der Waals surface area contributed by atoms with E-state index in [1.807, 2.05) is 76.2 Å². The number of rotatable bonds is 16. The lowest BCUT2D eigenvalue weighted by Gasteiger charge is -2.50. The summed E-state index contributed by atoms with van der Waals surface area (Å²) in [7, 11) is 3.31. The lowest BCUT2D eigenvalue weighted by molar-refractivity contribution is -0.179. The number of likely N-dealkylation sites (tertiary alicyclic amines) is 2. The Bertz CT molecular complexity index is 2770. The SMILES string of the molecule is Cc1cccc(C2C(C(=O)c3ccccc3)CN(C(C(=O)C(O)(C=O)N3CC(C(=O)c4ccccc4)C(c4cccc(C)c4C)C(C(=O)c4ccccc4)C3)N(C)C)CC2C(=O)c2ccccc2)c1C. The van der Waals surface area contributed by atoms with Gasteiger partial charge in [-0.1, -0.05) is 158 Å². The molecule has 6 unspecified atom stereocenters. The number of nitrogens with zero attached hydrogens (tertiary/aromatic N) is 3. The van der Waals surface area contributed by atoms with Crippen molar-refractivity contribution in [3.63, 3.8) is 0 Å². The second-order valence-corrected chi connectivity index (χ2v) is 19.4. The van der Waals surface area contributed by atoms with Crippen LogP contribution in [0.3, 0.4) is 0 Å². The Labute approximate surface area is 411 Å². The minimum Gasteiger partial charge on any atom is -0.363 e. The Kier molecular flexibility index (Phi) is 14.9. The van der Waals surface area contributed by atoms with E-state index in [9.17, 15) is 9.90 Å². The van der Waals surface area contributed by atoms with E-state index in [0.29, 0.717) is 22.3 Å². The van der Waals surface area contributed by atoms with Gasteiger partial charge in [-0.05, 0) is 75.2 Å². The van der Waals surface area contributed by atoms with Gasteiger partial charge in [0.25, 0.3) is 0 Å². The number of hydrogen-bond acceptors (Lipinski definition) is 10. The fourth-order valence-corrected chi connectivity index (χ4v) is 11.2. The number of piperidine rings is 2. The average molecular weight is 936 g/mol. The van der Waals surface area contributed by atoms with Crippen molar-refractivity contribution >= 4 is 35.2 Å². The predicted molar refractivity (Wildman–Crippen MR) is 271 cm³/mol. The Morgan fingerprint density at radius 3 is 1.11 bits per heavy atom. The summed E-state index contributed by atoms with van der Waals surface area (Å²) in [6.07, 6.45) is -1.16. The summed E-state index contributed by atoms with van der Waals surface area (Å²) in [5.41, 5.74) is 4.28. The second kappa shape index (κ2) is 21.0. The first-order valence-corrected chi connectivity index (χ1v) is 24.0. The van der Waals surface area contributed by atoms with Gasteiger partial charge < -0.3 is 5.11 Å². The van der Waals surface area contributed by atoms with Crippen LogP contribution in [0, 0.1) is 51.4 Å². The fourth-order valence-electron chi connectivity index (χ4n) is 11.2. The molecule has 2 aliphatic rings. The van der Waals surface area contributed by atoms with Crippen LogP contribution in [0.25, 0.3) is 0 Å². The summed E-state index contributed by atoms with van der Waals surface area (Å²) in [5, 5.41) is 13.1. The first kappa shape index (κ1) is 49.6. The van der Waals surface area contributed by atoms with Crippen LogP contribution in [-0.2, 0) is 9.59 Å². The number of aryl methyl sites for hydroxylation is 2. The van der Waals surface area contributed by atoms with Crippen molar-refractivity contribution in [1.82, 2.24) is 14.7 Å². The van der Waals surface area contributed by atoms with Crippen LogP contribution in [0.1, 0.15) is 86.6 Å². The van der Waals surface area contributed by atoms with Crippen molar-refractivity contribution in [3.05, 3.63) is 213 Å². The third kappa shape index (κ3) is 9.57. The van der Waals surface area contributed by atoms with Gasteiger partial charge in [0.15, 0.2) is 29.4 Å². The van der Waals surface area contributed by atoms with E-state index in [4.69, 9.17) is 0 Å². The fraction of sp³-hybridized carbons (Fsp3) is 0.300. The molecule has 0 aromatic heterocycles. The quantitative estimate of drug-likeness (QED) is 0.0571. The Morgan fingerprint density at radius 1 is 0.500 bits per heavy atom. The molecule has 6 atom stereocenters. The maximum Gasteiger partial charge on any atom is 0.238 e. The second-order valence-electron chi connectivity index (χ2n) is 19.4. The number of Topliss-reactive ketones (excluding diaryl/α,β-unsaturated/α-hetero) is 5. The van der Waals surface area contributed by atoms with Crippen molar-refractivity contribution in [2.75, 3.05) is 40.3 Å². The molecule has 6 aromatic carbocycles. The highest BCUT2D eigenvalue weighted by atomic mass is 16.3. The zero-order valence-electron chi connectivity index (χ0n) is 40.7. The molecule has 0 saturated carbocycles. The van der Waals surface area contributed by atoms with Gasteiger partial charge in [0.05, 0.1) is 0 Å². The van der Waals surface area contributed by atoms with E-state index < -0.39 is 53.2 Å². The molecular weight excluding hydrogens is 875 g/mol. The largest absolute Gasteiger partial charge is 0.363 e. The van der Waals surface area contributed by atoms with Crippen LogP contribution < -0.4 is 0 Å². The maximum absolute atomic E-state index is 15.8. The molecule has 2 fully saturated rings. The normalized spacial score (nSPS) is 22.1. The number of carbonyl (C=O) groups is 6. The van der Waals surface area contributed by atoms with Crippen LogP contribution in [0.2, 0.25) is 0 Å². The molecule has 2 heterocycles. The average Bonchev–Trinajstić information content (AvgIpc) is 3.39. The number of ketones is 5. The van der Waals surface area contributed by atoms with Gasteiger partial charge in [0.1, 0.15) is 6.17 Å². The maximum atomic E-state index is 15.8. The standard InChI is InChI=1S/C60H61N3O7/c1-38-21-19-31-46(40(38)3)52-48(54(65)42-23-11-7-12-24-42)33-62(34-49(52)55(66)43-25-13-8-14-26-43)59(61(5)6)58(69)60(70,37-64)63-35-50(56(67)44-27-15-9-16-28-44)53(47-32-20-22-39(2)41(47)4)51(36-63)57(68)45-29-17-10-18-30-45/h7-32,37,48-53,59,70H,33-36H2,1-6H3. The number of benzene rings is 6. The van der Waals surface area contributed by atoms with E-state index in [1.165, 1.54) is 4.90 Å². The third-order valence-electron chi connectivity index (χ3n) is 15.1. The molecule has 2 aliphatic heterocycles. The van der Waals surface area contributed by atoms with Gasteiger partial charge in [-0.2, -0.15) is 0 Å². The predicted octanol–water partition coefficient (Wildman–Crippen LogP) is 8.76. The zero-order valence-corrected chi connectivity index (χ0v) is 40.7. The molecule has 0 spiro atoms. The first-order chi connectivity index (χ1) is 33.7. The molecular formula is C60H61N3O7. The van der Waals surface area contributed by atoms with E-state index >= 15 is 24.0 Å².